The number of carbonyl (C=O) groups is 1. The molecule has 0 bridgehead atoms. The van der Waals surface area contributed by atoms with E-state index in [9.17, 15) is 9.18 Å². The number of rotatable bonds is 4. The van der Waals surface area contributed by atoms with Crippen molar-refractivity contribution in [2.45, 2.75) is 45.0 Å². The summed E-state index contributed by atoms with van der Waals surface area (Å²) in [6.45, 7) is 6.57. The molecule has 0 saturated heterocycles. The third-order valence-electron chi connectivity index (χ3n) is 4.58. The molecule has 142 valence electrons. The van der Waals surface area contributed by atoms with Crippen molar-refractivity contribution < 1.29 is 9.18 Å². The number of nitrogens with zero attached hydrogens (tertiary/aromatic N) is 2. The number of aryl methyl sites for hydroxylation is 1. The van der Waals surface area contributed by atoms with Crippen LogP contribution in [0.25, 0.3) is 0 Å². The number of alkyl halides is 1. The number of carbonyl (C=O) groups excluding carboxylic acids is 1. The molecule has 0 fully saturated rings. The number of ketones is 1. The van der Waals surface area contributed by atoms with Gasteiger partial charge in [0.25, 0.3) is 0 Å². The fraction of sp³-hybridized carbons (Fsp3) is 0.364. The lowest BCUT2D eigenvalue weighted by Crippen LogP contribution is -2.37. The zero-order chi connectivity index (χ0) is 19.6. The average Bonchev–Trinajstić information content (AvgIpc) is 2.65. The largest absolute Gasteiger partial charge is 0.326 e. The van der Waals surface area contributed by atoms with E-state index < -0.39 is 5.38 Å². The summed E-state index contributed by atoms with van der Waals surface area (Å²) in [5, 5.41) is -0.542. The highest BCUT2D eigenvalue weighted by molar-refractivity contribution is 6.33. The second kappa shape index (κ2) is 8.22. The molecular formula is C22H24ClFN2O. The van der Waals surface area contributed by atoms with Gasteiger partial charge in [-0.3, -0.25) is 9.79 Å². The lowest BCUT2D eigenvalue weighted by atomic mass is 9.96. The maximum Gasteiger partial charge on any atom is 0.180 e. The Bertz CT molecular complexity index is 859. The summed E-state index contributed by atoms with van der Waals surface area (Å²) in [6, 6.07) is 12.3. The predicted molar refractivity (Wildman–Crippen MR) is 110 cm³/mol. The zero-order valence-electron chi connectivity index (χ0n) is 15.9. The quantitative estimate of drug-likeness (QED) is 0.311. The van der Waals surface area contributed by atoms with Gasteiger partial charge in [0.05, 0.1) is 5.38 Å². The SMILES string of the molecule is CC(C)N=C(c1ccc(F)cc1)N1CCCc2cc(C(=O)C(C)Cl)ccc21. The zero-order valence-corrected chi connectivity index (χ0v) is 16.6. The molecular weight excluding hydrogens is 363 g/mol. The minimum absolute atomic E-state index is 0.0637. The number of halogens is 2. The van der Waals surface area contributed by atoms with Gasteiger partial charge in [-0.2, -0.15) is 0 Å². The van der Waals surface area contributed by atoms with Gasteiger partial charge in [0, 0.05) is 29.4 Å². The fourth-order valence-electron chi connectivity index (χ4n) is 3.34. The van der Waals surface area contributed by atoms with Crippen molar-refractivity contribution in [1.82, 2.24) is 0 Å². The molecule has 0 N–H and O–H groups in total. The fourth-order valence-corrected chi connectivity index (χ4v) is 3.47. The van der Waals surface area contributed by atoms with Crippen LogP contribution in [0.15, 0.2) is 47.5 Å². The van der Waals surface area contributed by atoms with Gasteiger partial charge in [0.2, 0.25) is 0 Å². The highest BCUT2D eigenvalue weighted by atomic mass is 35.5. The van der Waals surface area contributed by atoms with Crippen molar-refractivity contribution in [2.75, 3.05) is 11.4 Å². The Morgan fingerprint density at radius 2 is 1.78 bits per heavy atom. The minimum Gasteiger partial charge on any atom is -0.326 e. The van der Waals surface area contributed by atoms with Gasteiger partial charge in [-0.05, 0) is 81.6 Å². The standard InChI is InChI=1S/C22H24ClFN2O/c1-14(2)25-22(16-6-9-19(24)10-7-16)26-12-4-5-17-13-18(8-11-20(17)26)21(27)15(3)23/h6-11,13-15H,4-5,12H2,1-3H3. The Kier molecular flexibility index (Phi) is 5.95. The molecule has 2 aromatic rings. The first kappa shape index (κ1) is 19.6. The number of aliphatic imine (C=N–C) groups is 1. The second-order valence-electron chi connectivity index (χ2n) is 7.13. The monoisotopic (exact) mass is 386 g/mol. The molecule has 27 heavy (non-hydrogen) atoms. The van der Waals surface area contributed by atoms with Crippen LogP contribution in [0.1, 0.15) is 48.7 Å². The Labute approximate surface area is 164 Å². The Hall–Kier alpha value is -2.20. The van der Waals surface area contributed by atoms with Crippen LogP contribution in [0.3, 0.4) is 0 Å². The molecule has 1 unspecified atom stereocenters. The summed E-state index contributed by atoms with van der Waals surface area (Å²) < 4.78 is 13.4. The summed E-state index contributed by atoms with van der Waals surface area (Å²) in [4.78, 5) is 19.2. The summed E-state index contributed by atoms with van der Waals surface area (Å²) >= 11 is 5.97. The van der Waals surface area contributed by atoms with E-state index >= 15 is 0 Å². The van der Waals surface area contributed by atoms with Gasteiger partial charge in [0.1, 0.15) is 11.7 Å². The molecule has 3 rings (SSSR count). The predicted octanol–water partition coefficient (Wildman–Crippen LogP) is 5.24. The molecule has 0 saturated carbocycles. The minimum atomic E-state index is -0.542. The Morgan fingerprint density at radius 3 is 2.41 bits per heavy atom. The maximum atomic E-state index is 13.4. The van der Waals surface area contributed by atoms with Gasteiger partial charge >= 0.3 is 0 Å². The van der Waals surface area contributed by atoms with E-state index in [0.717, 1.165) is 42.0 Å². The number of anilines is 1. The lowest BCUT2D eigenvalue weighted by molar-refractivity contribution is 0.0991. The van der Waals surface area contributed by atoms with Crippen LogP contribution in [0.2, 0.25) is 0 Å². The van der Waals surface area contributed by atoms with E-state index in [2.05, 4.69) is 4.90 Å². The van der Waals surface area contributed by atoms with Gasteiger partial charge in [0.15, 0.2) is 5.78 Å². The normalized spacial score (nSPS) is 15.6. The van der Waals surface area contributed by atoms with Gasteiger partial charge in [-0.1, -0.05) is 0 Å². The first-order chi connectivity index (χ1) is 12.9. The van der Waals surface area contributed by atoms with Crippen molar-refractivity contribution in [3.05, 3.63) is 65.0 Å². The van der Waals surface area contributed by atoms with Gasteiger partial charge < -0.3 is 4.90 Å². The van der Waals surface area contributed by atoms with Crippen LogP contribution in [0.5, 0.6) is 0 Å². The summed E-state index contributed by atoms with van der Waals surface area (Å²) in [7, 11) is 0. The van der Waals surface area contributed by atoms with Gasteiger partial charge in [-0.15, -0.1) is 11.6 Å². The molecule has 3 nitrogen and oxygen atoms in total. The number of hydrogen-bond donors (Lipinski definition) is 0. The van der Waals surface area contributed by atoms with E-state index in [1.54, 1.807) is 19.1 Å². The number of amidine groups is 1. The summed E-state index contributed by atoms with van der Waals surface area (Å²) in [5.41, 5.74) is 3.68. The number of fused-ring (bicyclic) bond motifs is 1. The smallest absolute Gasteiger partial charge is 0.180 e. The molecule has 1 aliphatic heterocycles. The van der Waals surface area contributed by atoms with Crippen LogP contribution in [0.4, 0.5) is 10.1 Å². The Morgan fingerprint density at radius 1 is 1.11 bits per heavy atom. The van der Waals surface area contributed by atoms with E-state index in [1.165, 1.54) is 12.1 Å². The van der Waals surface area contributed by atoms with Crippen LogP contribution < -0.4 is 4.90 Å². The van der Waals surface area contributed by atoms with Crippen molar-refractivity contribution in [1.29, 1.82) is 0 Å². The van der Waals surface area contributed by atoms with Crippen LogP contribution >= 0.6 is 11.6 Å². The van der Waals surface area contributed by atoms with E-state index in [-0.39, 0.29) is 17.6 Å². The molecule has 1 aliphatic rings. The second-order valence-corrected chi connectivity index (χ2v) is 7.79. The Balaban J connectivity index is 2.04. The van der Waals surface area contributed by atoms with Crippen LogP contribution in [0, 0.1) is 5.82 Å². The summed E-state index contributed by atoms with van der Waals surface area (Å²) in [5.74, 6) is 0.502. The third kappa shape index (κ3) is 4.38. The molecule has 5 heteroatoms. The third-order valence-corrected chi connectivity index (χ3v) is 4.78. The molecule has 0 radical (unpaired) electrons. The highest BCUT2D eigenvalue weighted by Gasteiger charge is 2.24. The molecule has 2 aromatic carbocycles. The number of hydrogen-bond acceptors (Lipinski definition) is 2. The molecule has 1 atom stereocenters. The van der Waals surface area contributed by atoms with Crippen molar-refractivity contribution in [3.63, 3.8) is 0 Å². The molecule has 0 aromatic heterocycles. The van der Waals surface area contributed by atoms with E-state index in [1.807, 2.05) is 32.0 Å². The van der Waals surface area contributed by atoms with Crippen LogP contribution in [-0.2, 0) is 6.42 Å². The number of Topliss-reactive ketones (excluding diaryl/α,β-unsaturated/α-hetero) is 1. The molecule has 0 spiro atoms. The summed E-state index contributed by atoms with van der Waals surface area (Å²) in [6.07, 6.45) is 1.86. The van der Waals surface area contributed by atoms with Gasteiger partial charge in [-0.25, -0.2) is 4.39 Å². The first-order valence-corrected chi connectivity index (χ1v) is 9.73. The van der Waals surface area contributed by atoms with E-state index in [4.69, 9.17) is 16.6 Å². The molecule has 0 amide bonds. The van der Waals surface area contributed by atoms with Crippen molar-refractivity contribution in [3.8, 4) is 0 Å². The number of benzene rings is 2. The van der Waals surface area contributed by atoms with Crippen LogP contribution in [-0.4, -0.2) is 29.6 Å². The van der Waals surface area contributed by atoms with Crippen molar-refractivity contribution >= 4 is 28.9 Å². The highest BCUT2D eigenvalue weighted by Crippen LogP contribution is 2.30. The topological polar surface area (TPSA) is 32.7 Å². The lowest BCUT2D eigenvalue weighted by Gasteiger charge is -2.33. The maximum absolute atomic E-state index is 13.4. The first-order valence-electron chi connectivity index (χ1n) is 9.29. The van der Waals surface area contributed by atoms with Crippen molar-refractivity contribution in [2.24, 2.45) is 4.99 Å². The van der Waals surface area contributed by atoms with E-state index in [0.29, 0.717) is 5.56 Å². The molecule has 1 heterocycles. The molecule has 0 aliphatic carbocycles. The average molecular weight is 387 g/mol.